The first kappa shape index (κ1) is 20.6. The van der Waals surface area contributed by atoms with Crippen molar-refractivity contribution in [3.8, 4) is 5.75 Å². The van der Waals surface area contributed by atoms with E-state index in [1.54, 1.807) is 0 Å². The molecule has 1 aliphatic heterocycles. The molecule has 30 heavy (non-hydrogen) atoms. The molecule has 3 N–H and O–H groups in total. The molecule has 4 rings (SSSR count). The number of nitrogens with zero attached hydrogens (tertiary/aromatic N) is 2. The molecule has 0 saturated heterocycles. The average molecular weight is 407 g/mol. The SMILES string of the molecule is OC(COc1cccc(CNCCc2cn[nH]c2)c1)CN1CCc2ccccc2C1. The Kier molecular flexibility index (Phi) is 7.13. The summed E-state index contributed by atoms with van der Waals surface area (Å²) in [4.78, 5) is 2.30. The Morgan fingerprint density at radius 1 is 1.13 bits per heavy atom. The summed E-state index contributed by atoms with van der Waals surface area (Å²) in [6.45, 7) is 4.48. The van der Waals surface area contributed by atoms with Gasteiger partial charge >= 0.3 is 0 Å². The maximum Gasteiger partial charge on any atom is 0.119 e. The number of benzene rings is 2. The number of rotatable bonds is 10. The van der Waals surface area contributed by atoms with Crippen molar-refractivity contribution in [3.63, 3.8) is 0 Å². The van der Waals surface area contributed by atoms with Gasteiger partial charge in [-0.15, -0.1) is 0 Å². The van der Waals surface area contributed by atoms with Gasteiger partial charge in [-0.2, -0.15) is 5.10 Å². The fourth-order valence-electron chi connectivity index (χ4n) is 3.88. The van der Waals surface area contributed by atoms with Crippen LogP contribution in [0.1, 0.15) is 22.3 Å². The first-order valence-corrected chi connectivity index (χ1v) is 10.6. The Balaban J connectivity index is 1.18. The zero-order valence-electron chi connectivity index (χ0n) is 17.3. The predicted molar refractivity (Wildman–Crippen MR) is 117 cm³/mol. The van der Waals surface area contributed by atoms with Crippen molar-refractivity contribution < 1.29 is 9.84 Å². The summed E-state index contributed by atoms with van der Waals surface area (Å²) in [5.74, 6) is 0.798. The number of hydrogen-bond acceptors (Lipinski definition) is 5. The van der Waals surface area contributed by atoms with Crippen LogP contribution in [0.2, 0.25) is 0 Å². The minimum Gasteiger partial charge on any atom is -0.491 e. The second kappa shape index (κ2) is 10.4. The van der Waals surface area contributed by atoms with Crippen LogP contribution >= 0.6 is 0 Å². The first-order valence-electron chi connectivity index (χ1n) is 10.6. The van der Waals surface area contributed by atoms with E-state index >= 15 is 0 Å². The van der Waals surface area contributed by atoms with Crippen LogP contribution in [-0.2, 0) is 25.9 Å². The van der Waals surface area contributed by atoms with Crippen LogP contribution < -0.4 is 10.1 Å². The molecule has 158 valence electrons. The summed E-state index contributed by atoms with van der Waals surface area (Å²) in [7, 11) is 0. The van der Waals surface area contributed by atoms with E-state index < -0.39 is 6.10 Å². The fraction of sp³-hybridized carbons (Fsp3) is 0.375. The lowest BCUT2D eigenvalue weighted by molar-refractivity contribution is 0.0637. The van der Waals surface area contributed by atoms with Gasteiger partial charge in [-0.25, -0.2) is 0 Å². The van der Waals surface area contributed by atoms with Crippen LogP contribution in [0.4, 0.5) is 0 Å². The minimum absolute atomic E-state index is 0.301. The maximum atomic E-state index is 10.5. The number of aliphatic hydroxyl groups excluding tert-OH is 1. The Hall–Kier alpha value is -2.67. The van der Waals surface area contributed by atoms with E-state index in [2.05, 4.69) is 50.7 Å². The summed E-state index contributed by atoms with van der Waals surface area (Å²) in [6.07, 6.45) is 5.25. The third-order valence-corrected chi connectivity index (χ3v) is 5.49. The predicted octanol–water partition coefficient (Wildman–Crippen LogP) is 2.54. The Labute approximate surface area is 177 Å². The quantitative estimate of drug-likeness (QED) is 0.451. The number of H-pyrrole nitrogens is 1. The highest BCUT2D eigenvalue weighted by Gasteiger charge is 2.18. The fourth-order valence-corrected chi connectivity index (χ4v) is 3.88. The number of hydrogen-bond donors (Lipinski definition) is 3. The molecule has 2 heterocycles. The molecule has 6 nitrogen and oxygen atoms in total. The van der Waals surface area contributed by atoms with E-state index in [1.165, 1.54) is 22.3 Å². The lowest BCUT2D eigenvalue weighted by atomic mass is 10.00. The highest BCUT2D eigenvalue weighted by atomic mass is 16.5. The lowest BCUT2D eigenvalue weighted by Crippen LogP contribution is -2.38. The van der Waals surface area contributed by atoms with Gasteiger partial charge in [0.15, 0.2) is 0 Å². The standard InChI is InChI=1S/C24H30N4O2/c29-23(17-28-11-9-21-5-1-2-6-22(21)16-28)18-30-24-7-3-4-19(12-24)13-25-10-8-20-14-26-27-15-20/h1-7,12,14-15,23,25,29H,8-11,13,16-18H2,(H,26,27). The second-order valence-corrected chi connectivity index (χ2v) is 7.90. The molecular weight excluding hydrogens is 376 g/mol. The zero-order valence-corrected chi connectivity index (χ0v) is 17.3. The van der Waals surface area contributed by atoms with Gasteiger partial charge in [-0.1, -0.05) is 36.4 Å². The van der Waals surface area contributed by atoms with Crippen molar-refractivity contribution >= 4 is 0 Å². The molecule has 1 atom stereocenters. The van der Waals surface area contributed by atoms with Crippen molar-refractivity contribution in [3.05, 3.63) is 83.2 Å². The van der Waals surface area contributed by atoms with Crippen LogP contribution in [0.5, 0.6) is 5.75 Å². The molecule has 0 aliphatic carbocycles. The number of aliphatic hydroxyl groups is 1. The Bertz CT molecular complexity index is 913. The summed E-state index contributed by atoms with van der Waals surface area (Å²) in [6, 6.07) is 16.6. The molecule has 0 bridgehead atoms. The topological polar surface area (TPSA) is 73.4 Å². The van der Waals surface area contributed by atoms with Crippen molar-refractivity contribution in [1.82, 2.24) is 20.4 Å². The molecular formula is C24H30N4O2. The van der Waals surface area contributed by atoms with E-state index in [0.29, 0.717) is 13.2 Å². The van der Waals surface area contributed by atoms with E-state index in [1.807, 2.05) is 30.6 Å². The molecule has 0 spiro atoms. The number of nitrogens with one attached hydrogen (secondary N) is 2. The third-order valence-electron chi connectivity index (χ3n) is 5.49. The van der Waals surface area contributed by atoms with Crippen molar-refractivity contribution in [2.45, 2.75) is 32.0 Å². The van der Waals surface area contributed by atoms with Gasteiger partial charge in [0.05, 0.1) is 6.20 Å². The molecule has 0 amide bonds. The lowest BCUT2D eigenvalue weighted by Gasteiger charge is -2.30. The van der Waals surface area contributed by atoms with Gasteiger partial charge < -0.3 is 15.2 Å². The van der Waals surface area contributed by atoms with Crippen LogP contribution in [0.15, 0.2) is 60.9 Å². The van der Waals surface area contributed by atoms with Gasteiger partial charge in [-0.3, -0.25) is 10.00 Å². The molecule has 1 aromatic heterocycles. The summed E-state index contributed by atoms with van der Waals surface area (Å²) >= 11 is 0. The number of fused-ring (bicyclic) bond motifs is 1. The van der Waals surface area contributed by atoms with Crippen molar-refractivity contribution in [1.29, 1.82) is 0 Å². The molecule has 0 fully saturated rings. The van der Waals surface area contributed by atoms with Crippen LogP contribution in [0.3, 0.4) is 0 Å². The van der Waals surface area contributed by atoms with Gasteiger partial charge in [0.2, 0.25) is 0 Å². The maximum absolute atomic E-state index is 10.5. The van der Waals surface area contributed by atoms with Crippen molar-refractivity contribution in [2.24, 2.45) is 0 Å². The monoisotopic (exact) mass is 406 g/mol. The van der Waals surface area contributed by atoms with E-state index in [0.717, 1.165) is 44.8 Å². The molecule has 0 radical (unpaired) electrons. The van der Waals surface area contributed by atoms with Gasteiger partial charge in [0, 0.05) is 32.4 Å². The molecule has 6 heteroatoms. The van der Waals surface area contributed by atoms with E-state index in [9.17, 15) is 5.11 Å². The summed E-state index contributed by atoms with van der Waals surface area (Å²) in [5.41, 5.74) is 5.16. The van der Waals surface area contributed by atoms with Crippen LogP contribution in [0, 0.1) is 0 Å². The molecule has 0 saturated carbocycles. The second-order valence-electron chi connectivity index (χ2n) is 7.90. The van der Waals surface area contributed by atoms with Gasteiger partial charge in [0.1, 0.15) is 18.5 Å². The third kappa shape index (κ3) is 5.92. The Morgan fingerprint density at radius 2 is 2.03 bits per heavy atom. The molecule has 1 unspecified atom stereocenters. The highest BCUT2D eigenvalue weighted by Crippen LogP contribution is 2.19. The number of aromatic amines is 1. The summed E-state index contributed by atoms with van der Waals surface area (Å²) in [5, 5.41) is 20.7. The van der Waals surface area contributed by atoms with E-state index in [4.69, 9.17) is 4.74 Å². The van der Waals surface area contributed by atoms with Gasteiger partial charge in [0.25, 0.3) is 0 Å². The molecule has 2 aromatic carbocycles. The van der Waals surface area contributed by atoms with Crippen LogP contribution in [0.25, 0.3) is 0 Å². The van der Waals surface area contributed by atoms with E-state index in [-0.39, 0.29) is 0 Å². The van der Waals surface area contributed by atoms with Crippen molar-refractivity contribution in [2.75, 3.05) is 26.2 Å². The van der Waals surface area contributed by atoms with Gasteiger partial charge in [-0.05, 0) is 53.8 Å². The average Bonchev–Trinajstić information content (AvgIpc) is 3.29. The molecule has 1 aliphatic rings. The zero-order chi connectivity index (χ0) is 20.6. The first-order chi connectivity index (χ1) is 14.8. The highest BCUT2D eigenvalue weighted by molar-refractivity contribution is 5.29. The summed E-state index contributed by atoms with van der Waals surface area (Å²) < 4.78 is 5.87. The number of ether oxygens (including phenoxy) is 1. The van der Waals surface area contributed by atoms with Crippen LogP contribution in [-0.4, -0.2) is 52.5 Å². The Morgan fingerprint density at radius 3 is 2.90 bits per heavy atom. The number of aromatic nitrogens is 2. The number of β-amino-alcohol motifs (C(OH)–C–C–N with tert-alkyl or cyclic N) is 1. The largest absolute Gasteiger partial charge is 0.491 e. The normalized spacial score (nSPS) is 15.0. The molecule has 3 aromatic rings. The smallest absolute Gasteiger partial charge is 0.119 e. The minimum atomic E-state index is -0.507.